The van der Waals surface area contributed by atoms with E-state index in [1.165, 1.54) is 5.56 Å². The van der Waals surface area contributed by atoms with Gasteiger partial charge in [0.2, 0.25) is 0 Å². The molecule has 0 bridgehead atoms. The van der Waals surface area contributed by atoms with E-state index in [9.17, 15) is 0 Å². The first kappa shape index (κ1) is 15.5. The summed E-state index contributed by atoms with van der Waals surface area (Å²) in [4.78, 5) is 0. The second kappa shape index (κ2) is 8.51. The molecule has 4 heteroatoms. The predicted octanol–water partition coefficient (Wildman–Crippen LogP) is 3.96. The molecule has 0 aliphatic carbocycles. The first-order chi connectivity index (χ1) is 8.67. The minimum atomic E-state index is -0.114. The molecule has 1 rings (SSSR count). The lowest BCUT2D eigenvalue weighted by atomic mass is 10.2. The lowest BCUT2D eigenvalue weighted by molar-refractivity contribution is -0.137. The number of aryl methyl sites for hydroxylation is 1. The normalized spacial score (nSPS) is 10.9. The zero-order valence-electron chi connectivity index (χ0n) is 11.3. The van der Waals surface area contributed by atoms with Gasteiger partial charge in [0.25, 0.3) is 0 Å². The molecule has 0 aliphatic heterocycles. The van der Waals surface area contributed by atoms with E-state index in [2.05, 4.69) is 46.4 Å². The van der Waals surface area contributed by atoms with Crippen molar-refractivity contribution in [3.8, 4) is 0 Å². The Balaban J connectivity index is 2.39. The fraction of sp³-hybridized carbons (Fsp3) is 0.571. The smallest absolute Gasteiger partial charge is 0.159 e. The summed E-state index contributed by atoms with van der Waals surface area (Å²) in [6, 6.07) is 6.27. The standard InChI is InChI=1S/C14H22BrNO2/c1-4-17-14(18-5-2)8-9-16-13-7-6-11(3)10-12(13)15/h6-7,10,14,16H,4-5,8-9H2,1-3H3. The minimum absolute atomic E-state index is 0.114. The highest BCUT2D eigenvalue weighted by Crippen LogP contribution is 2.23. The van der Waals surface area contributed by atoms with Crippen LogP contribution in [0.25, 0.3) is 0 Å². The van der Waals surface area contributed by atoms with E-state index in [0.29, 0.717) is 13.2 Å². The van der Waals surface area contributed by atoms with E-state index in [1.54, 1.807) is 0 Å². The molecule has 0 amide bonds. The van der Waals surface area contributed by atoms with Crippen LogP contribution in [0, 0.1) is 6.92 Å². The SMILES string of the molecule is CCOC(CCNc1ccc(C)cc1Br)OCC. The number of nitrogens with one attached hydrogen (secondary N) is 1. The molecule has 1 aromatic carbocycles. The van der Waals surface area contributed by atoms with Crippen molar-refractivity contribution in [3.63, 3.8) is 0 Å². The Kier molecular flexibility index (Phi) is 7.32. The molecule has 0 aliphatic rings. The summed E-state index contributed by atoms with van der Waals surface area (Å²) in [5.74, 6) is 0. The maximum atomic E-state index is 5.50. The number of hydrogen-bond acceptors (Lipinski definition) is 3. The van der Waals surface area contributed by atoms with E-state index in [0.717, 1.165) is 23.1 Å². The maximum absolute atomic E-state index is 5.50. The highest BCUT2D eigenvalue weighted by atomic mass is 79.9. The summed E-state index contributed by atoms with van der Waals surface area (Å²) in [6.07, 6.45) is 0.721. The zero-order chi connectivity index (χ0) is 13.4. The molecule has 0 spiro atoms. The molecule has 0 fully saturated rings. The van der Waals surface area contributed by atoms with E-state index in [1.807, 2.05) is 13.8 Å². The molecular formula is C14H22BrNO2. The minimum Gasteiger partial charge on any atom is -0.384 e. The summed E-state index contributed by atoms with van der Waals surface area (Å²) in [5, 5.41) is 3.38. The van der Waals surface area contributed by atoms with Crippen LogP contribution in [0.15, 0.2) is 22.7 Å². The Labute approximate surface area is 118 Å². The van der Waals surface area contributed by atoms with Crippen molar-refractivity contribution in [1.82, 2.24) is 0 Å². The first-order valence-electron chi connectivity index (χ1n) is 6.40. The van der Waals surface area contributed by atoms with Crippen LogP contribution in [0.3, 0.4) is 0 Å². The van der Waals surface area contributed by atoms with Gasteiger partial charge in [-0.3, -0.25) is 0 Å². The average Bonchev–Trinajstić information content (AvgIpc) is 2.32. The number of anilines is 1. The first-order valence-corrected chi connectivity index (χ1v) is 7.19. The molecule has 18 heavy (non-hydrogen) atoms. The van der Waals surface area contributed by atoms with Gasteiger partial charge in [0.1, 0.15) is 0 Å². The molecule has 3 nitrogen and oxygen atoms in total. The third-order valence-electron chi connectivity index (χ3n) is 2.53. The van der Waals surface area contributed by atoms with Crippen molar-refractivity contribution in [1.29, 1.82) is 0 Å². The molecule has 0 unspecified atom stereocenters. The molecule has 0 atom stereocenters. The predicted molar refractivity (Wildman–Crippen MR) is 79.0 cm³/mol. The van der Waals surface area contributed by atoms with Gasteiger partial charge in [-0.2, -0.15) is 0 Å². The van der Waals surface area contributed by atoms with Crippen LogP contribution in [-0.4, -0.2) is 26.0 Å². The Morgan fingerprint density at radius 3 is 2.44 bits per heavy atom. The quantitative estimate of drug-likeness (QED) is 0.737. The molecule has 0 heterocycles. The zero-order valence-corrected chi connectivity index (χ0v) is 12.9. The van der Waals surface area contributed by atoms with Crippen LogP contribution in [0.5, 0.6) is 0 Å². The molecule has 1 N–H and O–H groups in total. The second-order valence-corrected chi connectivity index (χ2v) is 4.89. The molecule has 1 aromatic rings. The van der Waals surface area contributed by atoms with Gasteiger partial charge in [-0.05, 0) is 54.4 Å². The van der Waals surface area contributed by atoms with Gasteiger partial charge < -0.3 is 14.8 Å². The van der Waals surface area contributed by atoms with Crippen LogP contribution >= 0.6 is 15.9 Å². The largest absolute Gasteiger partial charge is 0.384 e. The van der Waals surface area contributed by atoms with Crippen LogP contribution < -0.4 is 5.32 Å². The fourth-order valence-electron chi connectivity index (χ4n) is 1.67. The van der Waals surface area contributed by atoms with E-state index >= 15 is 0 Å². The second-order valence-electron chi connectivity index (χ2n) is 4.04. The fourth-order valence-corrected chi connectivity index (χ4v) is 2.31. The molecular weight excluding hydrogens is 294 g/mol. The molecule has 0 saturated carbocycles. The van der Waals surface area contributed by atoms with Gasteiger partial charge in [-0.1, -0.05) is 6.07 Å². The van der Waals surface area contributed by atoms with Gasteiger partial charge >= 0.3 is 0 Å². The van der Waals surface area contributed by atoms with Crippen LogP contribution in [0.2, 0.25) is 0 Å². The number of rotatable bonds is 8. The Hall–Kier alpha value is -0.580. The van der Waals surface area contributed by atoms with E-state index in [4.69, 9.17) is 9.47 Å². The molecule has 0 radical (unpaired) electrons. The van der Waals surface area contributed by atoms with Crippen LogP contribution in [0.4, 0.5) is 5.69 Å². The Bertz CT molecular complexity index is 352. The Morgan fingerprint density at radius 1 is 1.22 bits per heavy atom. The lowest BCUT2D eigenvalue weighted by Crippen LogP contribution is -2.21. The van der Waals surface area contributed by atoms with Crippen LogP contribution in [-0.2, 0) is 9.47 Å². The van der Waals surface area contributed by atoms with E-state index in [-0.39, 0.29) is 6.29 Å². The monoisotopic (exact) mass is 315 g/mol. The molecule has 0 saturated heterocycles. The van der Waals surface area contributed by atoms with Gasteiger partial charge in [-0.25, -0.2) is 0 Å². The van der Waals surface area contributed by atoms with Crippen molar-refractivity contribution in [2.75, 3.05) is 25.1 Å². The number of hydrogen-bond donors (Lipinski definition) is 1. The van der Waals surface area contributed by atoms with Crippen LogP contribution in [0.1, 0.15) is 25.8 Å². The Morgan fingerprint density at radius 2 is 1.89 bits per heavy atom. The summed E-state index contributed by atoms with van der Waals surface area (Å²) in [7, 11) is 0. The van der Waals surface area contributed by atoms with Gasteiger partial charge in [0.05, 0.1) is 0 Å². The van der Waals surface area contributed by atoms with Gasteiger partial charge in [-0.15, -0.1) is 0 Å². The maximum Gasteiger partial charge on any atom is 0.159 e. The van der Waals surface area contributed by atoms with Crippen molar-refractivity contribution in [2.24, 2.45) is 0 Å². The molecule has 102 valence electrons. The van der Waals surface area contributed by atoms with E-state index < -0.39 is 0 Å². The third-order valence-corrected chi connectivity index (χ3v) is 3.18. The number of halogens is 1. The summed E-state index contributed by atoms with van der Waals surface area (Å²) in [6.45, 7) is 8.23. The average molecular weight is 316 g/mol. The van der Waals surface area contributed by atoms with Crippen molar-refractivity contribution in [2.45, 2.75) is 33.5 Å². The number of ether oxygens (including phenoxy) is 2. The topological polar surface area (TPSA) is 30.5 Å². The molecule has 0 aromatic heterocycles. The third kappa shape index (κ3) is 5.38. The van der Waals surface area contributed by atoms with Crippen molar-refractivity contribution < 1.29 is 9.47 Å². The van der Waals surface area contributed by atoms with Crippen molar-refractivity contribution in [3.05, 3.63) is 28.2 Å². The van der Waals surface area contributed by atoms with Gasteiger partial charge in [0, 0.05) is 36.3 Å². The van der Waals surface area contributed by atoms with Crippen molar-refractivity contribution >= 4 is 21.6 Å². The van der Waals surface area contributed by atoms with Gasteiger partial charge in [0.15, 0.2) is 6.29 Å². The number of benzene rings is 1. The summed E-state index contributed by atoms with van der Waals surface area (Å²) in [5.41, 5.74) is 2.35. The lowest BCUT2D eigenvalue weighted by Gasteiger charge is -2.17. The highest BCUT2D eigenvalue weighted by Gasteiger charge is 2.07. The highest BCUT2D eigenvalue weighted by molar-refractivity contribution is 9.10. The summed E-state index contributed by atoms with van der Waals surface area (Å²) < 4.78 is 12.1. The summed E-state index contributed by atoms with van der Waals surface area (Å²) >= 11 is 3.55.